The summed E-state index contributed by atoms with van der Waals surface area (Å²) in [5.41, 5.74) is 3.80. The van der Waals surface area contributed by atoms with E-state index in [0.29, 0.717) is 24.1 Å². The van der Waals surface area contributed by atoms with Gasteiger partial charge in [0.25, 0.3) is 0 Å². The number of benzene rings is 3. The number of aryl methyl sites for hydroxylation is 1. The highest BCUT2D eigenvalue weighted by Crippen LogP contribution is 2.48. The van der Waals surface area contributed by atoms with Gasteiger partial charge in [0.1, 0.15) is 5.82 Å². The van der Waals surface area contributed by atoms with Gasteiger partial charge in [-0.1, -0.05) is 30.0 Å². The van der Waals surface area contributed by atoms with Gasteiger partial charge < -0.3 is 10.4 Å². The zero-order chi connectivity index (χ0) is 23.9. The molecule has 2 aliphatic rings. The Hall–Kier alpha value is -3.18. The Labute approximate surface area is 199 Å². The van der Waals surface area contributed by atoms with Crippen LogP contribution >= 0.6 is 0 Å². The van der Waals surface area contributed by atoms with E-state index in [1.807, 2.05) is 31.2 Å². The van der Waals surface area contributed by atoms with Crippen molar-refractivity contribution in [3.63, 3.8) is 0 Å². The van der Waals surface area contributed by atoms with Gasteiger partial charge in [-0.25, -0.2) is 12.8 Å². The number of anilines is 1. The maximum Gasteiger partial charge on any atom is 0.243 e. The van der Waals surface area contributed by atoms with Gasteiger partial charge in [0, 0.05) is 29.3 Å². The zero-order valence-corrected chi connectivity index (χ0v) is 19.5. The Bertz CT molecular complexity index is 1410. The van der Waals surface area contributed by atoms with Crippen LogP contribution in [0.2, 0.25) is 0 Å². The summed E-state index contributed by atoms with van der Waals surface area (Å²) in [5, 5.41) is 13.4. The average molecular weight is 477 g/mol. The molecule has 0 aliphatic carbocycles. The van der Waals surface area contributed by atoms with Crippen LogP contribution < -0.4 is 5.32 Å². The summed E-state index contributed by atoms with van der Waals surface area (Å²) in [4.78, 5) is 0.274. The lowest BCUT2D eigenvalue weighted by Crippen LogP contribution is -2.42. The SMILES string of the molecule is Cc1cccc(S(=O)(=O)N2CC[C@@H]3[C@H]2c2cc(C#Cc4cccc(F)c4)ccc2N[C@@H]3CO)c1. The van der Waals surface area contributed by atoms with Crippen LogP contribution in [0.25, 0.3) is 0 Å². The van der Waals surface area contributed by atoms with E-state index in [-0.39, 0.29) is 29.3 Å². The Balaban J connectivity index is 1.56. The number of sulfonamides is 1. The molecule has 0 spiro atoms. The second kappa shape index (κ2) is 8.88. The molecule has 5 rings (SSSR count). The van der Waals surface area contributed by atoms with Crippen LogP contribution in [-0.2, 0) is 10.0 Å². The fourth-order valence-corrected chi connectivity index (χ4v) is 6.76. The summed E-state index contributed by atoms with van der Waals surface area (Å²) in [6.45, 7) is 2.17. The molecule has 0 unspecified atom stereocenters. The maximum atomic E-state index is 13.7. The number of rotatable bonds is 3. The van der Waals surface area contributed by atoms with Crippen molar-refractivity contribution >= 4 is 15.7 Å². The molecular weight excluding hydrogens is 451 g/mol. The highest BCUT2D eigenvalue weighted by molar-refractivity contribution is 7.89. The molecule has 3 atom stereocenters. The first-order valence-electron chi connectivity index (χ1n) is 11.2. The minimum atomic E-state index is -3.73. The normalized spacial score (nSPS) is 21.7. The van der Waals surface area contributed by atoms with Crippen LogP contribution in [0.5, 0.6) is 0 Å². The summed E-state index contributed by atoms with van der Waals surface area (Å²) in [6.07, 6.45) is 0.645. The van der Waals surface area contributed by atoms with Crippen molar-refractivity contribution in [2.45, 2.75) is 30.3 Å². The number of nitrogens with one attached hydrogen (secondary N) is 1. The third kappa shape index (κ3) is 4.09. The fraction of sp³-hybridized carbons (Fsp3) is 0.259. The van der Waals surface area contributed by atoms with Crippen molar-refractivity contribution in [2.75, 3.05) is 18.5 Å². The van der Waals surface area contributed by atoms with Crippen molar-refractivity contribution < 1.29 is 17.9 Å². The second-order valence-electron chi connectivity index (χ2n) is 8.83. The van der Waals surface area contributed by atoms with E-state index in [2.05, 4.69) is 17.2 Å². The largest absolute Gasteiger partial charge is 0.394 e. The molecule has 2 aliphatic heterocycles. The molecule has 1 fully saturated rings. The molecule has 34 heavy (non-hydrogen) atoms. The average Bonchev–Trinajstić information content (AvgIpc) is 3.29. The molecule has 5 nitrogen and oxygen atoms in total. The van der Waals surface area contributed by atoms with E-state index < -0.39 is 16.1 Å². The van der Waals surface area contributed by atoms with Crippen LogP contribution in [0.1, 0.15) is 34.7 Å². The van der Waals surface area contributed by atoms with E-state index >= 15 is 0 Å². The lowest BCUT2D eigenvalue weighted by Gasteiger charge is -2.38. The highest BCUT2D eigenvalue weighted by Gasteiger charge is 2.48. The van der Waals surface area contributed by atoms with Gasteiger partial charge in [-0.05, 0) is 73.0 Å². The molecule has 3 aromatic rings. The quantitative estimate of drug-likeness (QED) is 0.559. The van der Waals surface area contributed by atoms with Crippen LogP contribution in [0.4, 0.5) is 10.1 Å². The minimum absolute atomic E-state index is 0.0662. The number of hydrogen-bond donors (Lipinski definition) is 2. The first-order chi connectivity index (χ1) is 16.4. The van der Waals surface area contributed by atoms with Gasteiger partial charge in [0.15, 0.2) is 0 Å². The number of halogens is 1. The Morgan fingerprint density at radius 1 is 1.06 bits per heavy atom. The van der Waals surface area contributed by atoms with Gasteiger partial charge in [-0.15, -0.1) is 0 Å². The summed E-state index contributed by atoms with van der Waals surface area (Å²) < 4.78 is 42.4. The molecular formula is C27H25FN2O3S. The fourth-order valence-electron chi connectivity index (χ4n) is 4.99. The van der Waals surface area contributed by atoms with Crippen LogP contribution in [-0.4, -0.2) is 37.0 Å². The van der Waals surface area contributed by atoms with Crippen LogP contribution in [0, 0.1) is 30.5 Å². The molecule has 2 N–H and O–H groups in total. The molecule has 0 saturated carbocycles. The number of aliphatic hydroxyl groups excluding tert-OH is 1. The molecule has 2 heterocycles. The predicted molar refractivity (Wildman–Crippen MR) is 129 cm³/mol. The lowest BCUT2D eigenvalue weighted by atomic mass is 9.83. The van der Waals surface area contributed by atoms with E-state index in [0.717, 1.165) is 16.8 Å². The Kier molecular flexibility index (Phi) is 5.90. The molecule has 1 saturated heterocycles. The lowest BCUT2D eigenvalue weighted by molar-refractivity contribution is 0.210. The van der Waals surface area contributed by atoms with Crippen LogP contribution in [0.3, 0.4) is 0 Å². The maximum absolute atomic E-state index is 13.7. The second-order valence-corrected chi connectivity index (χ2v) is 10.7. The third-order valence-electron chi connectivity index (χ3n) is 6.60. The van der Waals surface area contributed by atoms with E-state index in [1.54, 1.807) is 34.6 Å². The van der Waals surface area contributed by atoms with Crippen LogP contribution in [0.15, 0.2) is 71.6 Å². The molecule has 0 aromatic heterocycles. The molecule has 3 aromatic carbocycles. The van der Waals surface area contributed by atoms with Gasteiger partial charge in [0.2, 0.25) is 10.0 Å². The third-order valence-corrected chi connectivity index (χ3v) is 8.47. The monoisotopic (exact) mass is 476 g/mol. The summed E-state index contributed by atoms with van der Waals surface area (Å²) in [7, 11) is -3.73. The number of fused-ring (bicyclic) bond motifs is 3. The predicted octanol–water partition coefficient (Wildman–Crippen LogP) is 4.07. The van der Waals surface area contributed by atoms with E-state index in [1.165, 1.54) is 12.1 Å². The zero-order valence-electron chi connectivity index (χ0n) is 18.7. The van der Waals surface area contributed by atoms with Crippen molar-refractivity contribution in [2.24, 2.45) is 5.92 Å². The summed E-state index contributed by atoms with van der Waals surface area (Å²) in [6, 6.07) is 18.0. The van der Waals surface area contributed by atoms with Crippen molar-refractivity contribution in [3.8, 4) is 11.8 Å². The van der Waals surface area contributed by atoms with E-state index in [4.69, 9.17) is 0 Å². The smallest absolute Gasteiger partial charge is 0.243 e. The Morgan fingerprint density at radius 2 is 1.82 bits per heavy atom. The number of hydrogen-bond acceptors (Lipinski definition) is 4. The minimum Gasteiger partial charge on any atom is -0.394 e. The molecule has 0 radical (unpaired) electrons. The molecule has 174 valence electrons. The Morgan fingerprint density at radius 3 is 2.56 bits per heavy atom. The van der Waals surface area contributed by atoms with Gasteiger partial charge in [-0.2, -0.15) is 4.31 Å². The van der Waals surface area contributed by atoms with E-state index in [9.17, 15) is 17.9 Å². The van der Waals surface area contributed by atoms with Crippen molar-refractivity contribution in [1.82, 2.24) is 4.31 Å². The number of aliphatic hydroxyl groups is 1. The number of nitrogens with zero attached hydrogens (tertiary/aromatic N) is 1. The van der Waals surface area contributed by atoms with Crippen molar-refractivity contribution in [1.29, 1.82) is 0 Å². The summed E-state index contributed by atoms with van der Waals surface area (Å²) in [5.74, 6) is 5.64. The highest BCUT2D eigenvalue weighted by atomic mass is 32.2. The molecule has 7 heteroatoms. The topological polar surface area (TPSA) is 69.6 Å². The molecule has 0 bridgehead atoms. The standard InChI is InChI=1S/C27H25FN2O3S/c1-18-4-2-7-22(14-18)34(32,33)30-13-12-23-26(17-31)29-25-11-10-20(16-24(25)27(23)30)9-8-19-5-3-6-21(28)15-19/h2-7,10-11,14-16,23,26-27,29,31H,12-13,17H2,1H3/t23-,26+,27-/m0/s1. The van der Waals surface area contributed by atoms with Gasteiger partial charge in [0.05, 0.1) is 23.6 Å². The molecule has 0 amide bonds. The first kappa shape index (κ1) is 22.6. The summed E-state index contributed by atoms with van der Waals surface area (Å²) >= 11 is 0. The first-order valence-corrected chi connectivity index (χ1v) is 12.7. The van der Waals surface area contributed by atoms with Gasteiger partial charge in [-0.3, -0.25) is 0 Å². The van der Waals surface area contributed by atoms with Gasteiger partial charge >= 0.3 is 0 Å². The van der Waals surface area contributed by atoms with Crippen molar-refractivity contribution in [3.05, 3.63) is 94.8 Å².